The zero-order valence-corrected chi connectivity index (χ0v) is 17.2. The van der Waals surface area contributed by atoms with Crippen LogP contribution in [0.15, 0.2) is 36.5 Å². The van der Waals surface area contributed by atoms with Crippen molar-refractivity contribution in [3.05, 3.63) is 47.9 Å². The van der Waals surface area contributed by atoms with E-state index in [1.165, 1.54) is 0 Å². The molecule has 150 valence electrons. The molecule has 6 heteroatoms. The van der Waals surface area contributed by atoms with Crippen LogP contribution in [0.4, 0.5) is 11.5 Å². The molecule has 0 aromatic carbocycles. The number of likely N-dealkylation sites (N-methyl/N-ethyl adjacent to an activating group) is 1. The van der Waals surface area contributed by atoms with Gasteiger partial charge in [-0.05, 0) is 71.0 Å². The predicted molar refractivity (Wildman–Crippen MR) is 113 cm³/mol. The molecular formula is C22H31N5O. The Morgan fingerprint density at radius 3 is 2.54 bits per heavy atom. The van der Waals surface area contributed by atoms with E-state index in [-0.39, 0.29) is 5.91 Å². The third kappa shape index (κ3) is 5.29. The molecule has 1 fully saturated rings. The minimum Gasteiger partial charge on any atom is -0.342 e. The van der Waals surface area contributed by atoms with Crippen LogP contribution in [0.2, 0.25) is 0 Å². The van der Waals surface area contributed by atoms with Gasteiger partial charge < -0.3 is 10.2 Å². The van der Waals surface area contributed by atoms with E-state index in [1.54, 1.807) is 0 Å². The lowest BCUT2D eigenvalue weighted by Crippen LogP contribution is -2.43. The van der Waals surface area contributed by atoms with Crippen LogP contribution in [0.25, 0.3) is 0 Å². The SMILES string of the molecule is CCN(CC)C(=O)CN1CCC(c2ccc(Nc3cccc(C)n3)cn2)CC1. The maximum absolute atomic E-state index is 12.3. The monoisotopic (exact) mass is 381 g/mol. The molecule has 1 amide bonds. The summed E-state index contributed by atoms with van der Waals surface area (Å²) in [4.78, 5) is 25.6. The minimum atomic E-state index is 0.238. The van der Waals surface area contributed by atoms with Crippen LogP contribution in [0.3, 0.4) is 0 Å². The summed E-state index contributed by atoms with van der Waals surface area (Å²) in [7, 11) is 0. The molecule has 3 rings (SSSR count). The predicted octanol–water partition coefficient (Wildman–Crippen LogP) is 3.58. The van der Waals surface area contributed by atoms with E-state index in [9.17, 15) is 4.79 Å². The first kappa shape index (κ1) is 20.3. The molecule has 28 heavy (non-hydrogen) atoms. The Labute approximate surface area is 168 Å². The van der Waals surface area contributed by atoms with Crippen molar-refractivity contribution in [3.8, 4) is 0 Å². The summed E-state index contributed by atoms with van der Waals surface area (Å²) < 4.78 is 0. The average Bonchev–Trinajstić information content (AvgIpc) is 2.70. The number of hydrogen-bond donors (Lipinski definition) is 1. The van der Waals surface area contributed by atoms with Gasteiger partial charge in [0.05, 0.1) is 18.4 Å². The average molecular weight is 382 g/mol. The molecule has 0 radical (unpaired) electrons. The number of nitrogens with zero attached hydrogens (tertiary/aromatic N) is 4. The fraction of sp³-hybridized carbons (Fsp3) is 0.500. The van der Waals surface area contributed by atoms with Crippen molar-refractivity contribution in [3.63, 3.8) is 0 Å². The molecule has 6 nitrogen and oxygen atoms in total. The number of pyridine rings is 2. The van der Waals surface area contributed by atoms with Crippen LogP contribution in [-0.2, 0) is 4.79 Å². The number of rotatable bonds is 7. The van der Waals surface area contributed by atoms with Gasteiger partial charge in [-0.25, -0.2) is 4.98 Å². The zero-order chi connectivity index (χ0) is 19.9. The van der Waals surface area contributed by atoms with Gasteiger partial charge in [0, 0.05) is 30.4 Å². The number of carbonyl (C=O) groups is 1. The Balaban J connectivity index is 1.51. The van der Waals surface area contributed by atoms with Gasteiger partial charge in [-0.3, -0.25) is 14.7 Å². The van der Waals surface area contributed by atoms with Crippen molar-refractivity contribution in [2.75, 3.05) is 38.0 Å². The zero-order valence-electron chi connectivity index (χ0n) is 17.2. The third-order valence-electron chi connectivity index (χ3n) is 5.43. The fourth-order valence-electron chi connectivity index (χ4n) is 3.74. The van der Waals surface area contributed by atoms with Crippen LogP contribution in [0, 0.1) is 6.92 Å². The molecule has 1 saturated heterocycles. The van der Waals surface area contributed by atoms with Crippen molar-refractivity contribution < 1.29 is 4.79 Å². The van der Waals surface area contributed by atoms with Gasteiger partial charge in [0.1, 0.15) is 5.82 Å². The van der Waals surface area contributed by atoms with Gasteiger partial charge in [-0.1, -0.05) is 6.07 Å². The molecule has 1 aliphatic rings. The number of aromatic nitrogens is 2. The molecule has 0 atom stereocenters. The fourth-order valence-corrected chi connectivity index (χ4v) is 3.74. The van der Waals surface area contributed by atoms with Crippen molar-refractivity contribution >= 4 is 17.4 Å². The summed E-state index contributed by atoms with van der Waals surface area (Å²) in [6, 6.07) is 10.1. The van der Waals surface area contributed by atoms with E-state index in [4.69, 9.17) is 0 Å². The van der Waals surface area contributed by atoms with Crippen LogP contribution in [0.5, 0.6) is 0 Å². The number of amides is 1. The number of likely N-dealkylation sites (tertiary alicyclic amines) is 1. The van der Waals surface area contributed by atoms with Gasteiger partial charge in [0.25, 0.3) is 0 Å². The van der Waals surface area contributed by atoms with E-state index in [0.717, 1.165) is 61.9 Å². The van der Waals surface area contributed by atoms with E-state index in [1.807, 2.05) is 50.1 Å². The molecule has 2 aromatic rings. The number of hydrogen-bond acceptors (Lipinski definition) is 5. The number of piperidine rings is 1. The largest absolute Gasteiger partial charge is 0.342 e. The molecule has 0 bridgehead atoms. The highest BCUT2D eigenvalue weighted by atomic mass is 16.2. The highest BCUT2D eigenvalue weighted by Gasteiger charge is 2.24. The van der Waals surface area contributed by atoms with Gasteiger partial charge >= 0.3 is 0 Å². The first-order chi connectivity index (χ1) is 13.6. The Kier molecular flexibility index (Phi) is 6.98. The van der Waals surface area contributed by atoms with Crippen LogP contribution in [-0.4, -0.2) is 58.4 Å². The van der Waals surface area contributed by atoms with E-state index in [2.05, 4.69) is 32.3 Å². The lowest BCUT2D eigenvalue weighted by Gasteiger charge is -2.32. The summed E-state index contributed by atoms with van der Waals surface area (Å²) in [5.41, 5.74) is 3.07. The van der Waals surface area contributed by atoms with Crippen molar-refractivity contribution in [2.24, 2.45) is 0 Å². The van der Waals surface area contributed by atoms with E-state index in [0.29, 0.717) is 12.5 Å². The summed E-state index contributed by atoms with van der Waals surface area (Å²) in [6.45, 7) is 10.1. The molecule has 0 spiro atoms. The molecule has 3 heterocycles. The van der Waals surface area contributed by atoms with Gasteiger partial charge in [-0.2, -0.15) is 0 Å². The highest BCUT2D eigenvalue weighted by molar-refractivity contribution is 5.78. The molecule has 0 aliphatic carbocycles. The van der Waals surface area contributed by atoms with Crippen molar-refractivity contribution in [1.82, 2.24) is 19.8 Å². The maximum Gasteiger partial charge on any atom is 0.236 e. The second-order valence-electron chi connectivity index (χ2n) is 7.38. The first-order valence-corrected chi connectivity index (χ1v) is 10.3. The van der Waals surface area contributed by atoms with Gasteiger partial charge in [-0.15, -0.1) is 0 Å². The molecular weight excluding hydrogens is 350 g/mol. The molecule has 1 N–H and O–H groups in total. The lowest BCUT2D eigenvalue weighted by molar-refractivity contribution is -0.132. The number of aryl methyl sites for hydroxylation is 1. The third-order valence-corrected chi connectivity index (χ3v) is 5.43. The Morgan fingerprint density at radius 2 is 1.93 bits per heavy atom. The van der Waals surface area contributed by atoms with Crippen LogP contribution in [0.1, 0.15) is 44.0 Å². The highest BCUT2D eigenvalue weighted by Crippen LogP contribution is 2.27. The van der Waals surface area contributed by atoms with Gasteiger partial charge in [0.15, 0.2) is 0 Å². The van der Waals surface area contributed by atoms with Crippen LogP contribution >= 0.6 is 0 Å². The Hall–Kier alpha value is -2.47. The van der Waals surface area contributed by atoms with E-state index < -0.39 is 0 Å². The van der Waals surface area contributed by atoms with Crippen molar-refractivity contribution in [1.29, 1.82) is 0 Å². The topological polar surface area (TPSA) is 61.4 Å². The molecule has 1 aliphatic heterocycles. The first-order valence-electron chi connectivity index (χ1n) is 10.3. The second kappa shape index (κ2) is 9.64. The normalized spacial score (nSPS) is 15.4. The summed E-state index contributed by atoms with van der Waals surface area (Å²) in [5, 5.41) is 3.30. The molecule has 0 unspecified atom stereocenters. The number of carbonyl (C=O) groups excluding carboxylic acids is 1. The van der Waals surface area contributed by atoms with Gasteiger partial charge in [0.2, 0.25) is 5.91 Å². The Bertz CT molecular complexity index is 765. The maximum atomic E-state index is 12.3. The van der Waals surface area contributed by atoms with E-state index >= 15 is 0 Å². The molecule has 2 aromatic heterocycles. The summed E-state index contributed by atoms with van der Waals surface area (Å²) in [6.07, 6.45) is 3.98. The summed E-state index contributed by atoms with van der Waals surface area (Å²) >= 11 is 0. The van der Waals surface area contributed by atoms with Crippen LogP contribution < -0.4 is 5.32 Å². The quantitative estimate of drug-likeness (QED) is 0.794. The summed E-state index contributed by atoms with van der Waals surface area (Å²) in [5.74, 6) is 1.54. The number of nitrogens with one attached hydrogen (secondary N) is 1. The lowest BCUT2D eigenvalue weighted by atomic mass is 9.93. The smallest absolute Gasteiger partial charge is 0.236 e. The second-order valence-corrected chi connectivity index (χ2v) is 7.38. The minimum absolute atomic E-state index is 0.238. The number of anilines is 2. The standard InChI is InChI=1S/C22H31N5O/c1-4-27(5-2)22(28)16-26-13-11-18(12-14-26)20-10-9-19(15-23-20)25-21-8-6-7-17(3)24-21/h6-10,15,18H,4-5,11-14,16H2,1-3H3,(H,24,25). The Morgan fingerprint density at radius 1 is 1.18 bits per heavy atom. The van der Waals surface area contributed by atoms with Crippen molar-refractivity contribution in [2.45, 2.75) is 39.5 Å². The molecule has 0 saturated carbocycles.